The first-order valence-corrected chi connectivity index (χ1v) is 8.80. The minimum absolute atomic E-state index is 0. The van der Waals surface area contributed by atoms with Gasteiger partial charge >= 0.3 is 6.09 Å². The van der Waals surface area contributed by atoms with Gasteiger partial charge in [-0.3, -0.25) is 0 Å². The number of nitrogens with zero attached hydrogens (tertiary/aromatic N) is 1. The molecule has 150 valence electrons. The molecule has 0 aromatic heterocycles. The van der Waals surface area contributed by atoms with E-state index < -0.39 is 17.9 Å². The smallest absolute Gasteiger partial charge is 0.410 e. The molecule has 2 rings (SSSR count). The Kier molecular flexibility index (Phi) is 11.5. The first-order valence-electron chi connectivity index (χ1n) is 8.80. The van der Waals surface area contributed by atoms with Gasteiger partial charge in [0, 0.05) is 32.2 Å². The lowest BCUT2D eigenvalue weighted by molar-refractivity contribution is 0.0131. The lowest BCUT2D eigenvalue weighted by Gasteiger charge is -2.33. The molecule has 0 spiro atoms. The zero-order chi connectivity index (χ0) is 18.2. The molecule has 2 aliphatic heterocycles. The molecule has 2 heterocycles. The van der Waals surface area contributed by atoms with Crippen LogP contribution >= 0.6 is 12.4 Å². The second kappa shape index (κ2) is 11.9. The molecule has 0 bridgehead atoms. The topological polar surface area (TPSA) is 61.8 Å². The van der Waals surface area contributed by atoms with Gasteiger partial charge in [0.15, 0.2) is 0 Å². The zero-order valence-corrected chi connectivity index (χ0v) is 16.3. The first-order chi connectivity index (χ1) is 11.2. The standard InChI is InChI=1S/C11H21NO3.C6H11F2N.ClH/c1-11(2,3)15-10(14)12-6-4-5-9(7-12)8-13;7-6(8)5-2-1-3-9-4-5;/h9,13H,4-8H2,1-3H3;5-6,9H,1-4H2;1H/t9-;5-;/m00./s1. The van der Waals surface area contributed by atoms with Gasteiger partial charge in [-0.2, -0.15) is 0 Å². The monoisotopic (exact) mass is 386 g/mol. The molecule has 0 aliphatic carbocycles. The van der Waals surface area contributed by atoms with Crippen molar-refractivity contribution < 1.29 is 23.4 Å². The molecule has 1 amide bonds. The van der Waals surface area contributed by atoms with Crippen LogP contribution in [0, 0.1) is 11.8 Å². The number of hydrogen-bond donors (Lipinski definition) is 2. The number of piperidine rings is 2. The minimum Gasteiger partial charge on any atom is -0.444 e. The maximum Gasteiger partial charge on any atom is 0.410 e. The highest BCUT2D eigenvalue weighted by Crippen LogP contribution is 2.19. The second-order valence-corrected chi connectivity index (χ2v) is 7.56. The van der Waals surface area contributed by atoms with E-state index in [9.17, 15) is 13.6 Å². The van der Waals surface area contributed by atoms with Gasteiger partial charge in [0.1, 0.15) is 5.60 Å². The number of nitrogens with one attached hydrogen (secondary N) is 1. The Labute approximate surface area is 155 Å². The summed E-state index contributed by atoms with van der Waals surface area (Å²) in [5, 5.41) is 12.0. The fraction of sp³-hybridized carbons (Fsp3) is 0.941. The fourth-order valence-electron chi connectivity index (χ4n) is 2.80. The third-order valence-electron chi connectivity index (χ3n) is 4.12. The summed E-state index contributed by atoms with van der Waals surface area (Å²) >= 11 is 0. The van der Waals surface area contributed by atoms with Gasteiger partial charge in [-0.1, -0.05) is 0 Å². The van der Waals surface area contributed by atoms with Crippen molar-refractivity contribution >= 4 is 18.5 Å². The van der Waals surface area contributed by atoms with E-state index in [0.717, 1.165) is 32.4 Å². The predicted molar refractivity (Wildman–Crippen MR) is 96.5 cm³/mol. The van der Waals surface area contributed by atoms with E-state index in [1.54, 1.807) is 4.90 Å². The van der Waals surface area contributed by atoms with Crippen LogP contribution in [-0.4, -0.2) is 60.9 Å². The van der Waals surface area contributed by atoms with Gasteiger partial charge in [0.05, 0.1) is 0 Å². The van der Waals surface area contributed by atoms with Crippen LogP contribution in [-0.2, 0) is 4.74 Å². The zero-order valence-electron chi connectivity index (χ0n) is 15.5. The number of rotatable bonds is 2. The first kappa shape index (κ1) is 24.3. The largest absolute Gasteiger partial charge is 0.444 e. The van der Waals surface area contributed by atoms with E-state index in [2.05, 4.69) is 5.32 Å². The summed E-state index contributed by atoms with van der Waals surface area (Å²) in [5.41, 5.74) is -0.441. The molecule has 5 nitrogen and oxygen atoms in total. The molecular weight excluding hydrogens is 354 g/mol. The Morgan fingerprint density at radius 3 is 2.44 bits per heavy atom. The van der Waals surface area contributed by atoms with Gasteiger partial charge < -0.3 is 20.1 Å². The quantitative estimate of drug-likeness (QED) is 0.764. The van der Waals surface area contributed by atoms with E-state index in [0.29, 0.717) is 19.5 Å². The average molecular weight is 387 g/mol. The van der Waals surface area contributed by atoms with Crippen molar-refractivity contribution in [1.82, 2.24) is 10.2 Å². The number of amides is 1. The number of ether oxygens (including phenoxy) is 1. The highest BCUT2D eigenvalue weighted by molar-refractivity contribution is 5.85. The van der Waals surface area contributed by atoms with Crippen molar-refractivity contribution in [3.8, 4) is 0 Å². The van der Waals surface area contributed by atoms with Gasteiger partial charge in [-0.05, 0) is 58.9 Å². The number of aliphatic hydroxyl groups excluding tert-OH is 1. The van der Waals surface area contributed by atoms with Crippen LogP contribution in [0.2, 0.25) is 0 Å². The highest BCUT2D eigenvalue weighted by Gasteiger charge is 2.27. The van der Waals surface area contributed by atoms with E-state index >= 15 is 0 Å². The van der Waals surface area contributed by atoms with E-state index in [1.165, 1.54) is 0 Å². The molecule has 8 heteroatoms. The number of hydrogen-bond acceptors (Lipinski definition) is 4. The molecule has 25 heavy (non-hydrogen) atoms. The van der Waals surface area contributed by atoms with Gasteiger partial charge in [-0.25, -0.2) is 13.6 Å². The summed E-state index contributed by atoms with van der Waals surface area (Å²) in [7, 11) is 0. The van der Waals surface area contributed by atoms with E-state index in [1.807, 2.05) is 20.8 Å². The Balaban J connectivity index is 0.000000495. The Morgan fingerprint density at radius 2 is 2.00 bits per heavy atom. The van der Waals surface area contributed by atoms with Gasteiger partial charge in [0.25, 0.3) is 0 Å². The molecule has 2 saturated heterocycles. The van der Waals surface area contributed by atoms with Crippen molar-refractivity contribution in [2.24, 2.45) is 11.8 Å². The molecule has 0 saturated carbocycles. The van der Waals surface area contributed by atoms with Gasteiger partial charge in [0.2, 0.25) is 6.43 Å². The van der Waals surface area contributed by atoms with Crippen LogP contribution in [0.25, 0.3) is 0 Å². The Hall–Kier alpha value is -0.660. The molecule has 0 unspecified atom stereocenters. The SMILES string of the molecule is CC(C)(C)OC(=O)N1CCC[C@H](CO)C1.Cl.FC(F)[C@H]1CCCNC1. The maximum atomic E-state index is 11.9. The molecular formula is C17H33ClF2N2O3. The molecule has 0 radical (unpaired) electrons. The van der Waals surface area contributed by atoms with Crippen molar-refractivity contribution in [2.75, 3.05) is 32.8 Å². The number of halogens is 3. The van der Waals surface area contributed by atoms with Gasteiger partial charge in [-0.15, -0.1) is 12.4 Å². The molecule has 2 atom stereocenters. The van der Waals surface area contributed by atoms with E-state index in [-0.39, 0.29) is 31.0 Å². The van der Waals surface area contributed by atoms with Crippen molar-refractivity contribution in [3.05, 3.63) is 0 Å². The average Bonchev–Trinajstić information content (AvgIpc) is 2.55. The molecule has 2 fully saturated rings. The number of likely N-dealkylation sites (tertiary alicyclic amines) is 1. The maximum absolute atomic E-state index is 11.9. The summed E-state index contributed by atoms with van der Waals surface area (Å²) in [6.45, 7) is 8.49. The van der Waals surface area contributed by atoms with Crippen LogP contribution in [0.4, 0.5) is 13.6 Å². The summed E-state index contributed by atoms with van der Waals surface area (Å²) in [4.78, 5) is 13.4. The number of carbonyl (C=O) groups excluding carboxylic acids is 1. The molecule has 2 N–H and O–H groups in total. The Bertz CT molecular complexity index is 375. The molecule has 0 aromatic rings. The van der Waals surface area contributed by atoms with Crippen LogP contribution in [0.5, 0.6) is 0 Å². The highest BCUT2D eigenvalue weighted by atomic mass is 35.5. The van der Waals surface area contributed by atoms with Crippen molar-refractivity contribution in [3.63, 3.8) is 0 Å². The fourth-order valence-corrected chi connectivity index (χ4v) is 2.80. The van der Waals surface area contributed by atoms with Crippen LogP contribution < -0.4 is 5.32 Å². The van der Waals surface area contributed by atoms with Crippen molar-refractivity contribution in [2.45, 2.75) is 58.5 Å². The van der Waals surface area contributed by atoms with Crippen LogP contribution in [0.1, 0.15) is 46.5 Å². The Morgan fingerprint density at radius 1 is 1.32 bits per heavy atom. The molecule has 0 aromatic carbocycles. The summed E-state index contributed by atoms with van der Waals surface area (Å²) in [6, 6.07) is 0. The summed E-state index contributed by atoms with van der Waals surface area (Å²) in [5.74, 6) is -0.176. The predicted octanol–water partition coefficient (Wildman–Crippen LogP) is 3.30. The normalized spacial score (nSPS) is 24.0. The van der Waals surface area contributed by atoms with Crippen molar-refractivity contribution in [1.29, 1.82) is 0 Å². The second-order valence-electron chi connectivity index (χ2n) is 7.56. The summed E-state index contributed by atoms with van der Waals surface area (Å²) in [6.07, 6.45) is 1.14. The lowest BCUT2D eigenvalue weighted by atomic mass is 9.99. The number of carbonyl (C=O) groups is 1. The van der Waals surface area contributed by atoms with E-state index in [4.69, 9.17) is 9.84 Å². The summed E-state index contributed by atoms with van der Waals surface area (Å²) < 4.78 is 29.0. The third kappa shape index (κ3) is 10.2. The molecule has 2 aliphatic rings. The minimum atomic E-state index is -2.13. The lowest BCUT2D eigenvalue weighted by Crippen LogP contribution is -2.43. The third-order valence-corrected chi connectivity index (χ3v) is 4.12. The van der Waals surface area contributed by atoms with Crippen LogP contribution in [0.15, 0.2) is 0 Å². The van der Waals surface area contributed by atoms with Crippen LogP contribution in [0.3, 0.4) is 0 Å². The number of aliphatic hydroxyl groups is 1. The number of alkyl halides is 2.